The number of urea groups is 1. The van der Waals surface area contributed by atoms with Crippen LogP contribution in [0.5, 0.6) is 5.75 Å². The molecule has 1 aromatic heterocycles. The van der Waals surface area contributed by atoms with E-state index in [0.29, 0.717) is 11.4 Å². The van der Waals surface area contributed by atoms with Gasteiger partial charge in [0.15, 0.2) is 0 Å². The summed E-state index contributed by atoms with van der Waals surface area (Å²) in [6.07, 6.45) is 2.63. The standard InChI is InChI=1S/C16H20N4O4S/c1-11(2)18-16(21)20-25(22,23)15-10-17-8-7-14(15)19-12-5-4-6-13(9-12)24-3/h4-11H,1-3H3,(H,17,19)(H2,18,20,21). The van der Waals surface area contributed by atoms with Crippen molar-refractivity contribution >= 4 is 27.4 Å². The number of rotatable bonds is 6. The average molecular weight is 364 g/mol. The zero-order valence-electron chi connectivity index (χ0n) is 14.1. The van der Waals surface area contributed by atoms with Gasteiger partial charge < -0.3 is 15.4 Å². The molecule has 0 aliphatic heterocycles. The number of carbonyl (C=O) groups excluding carboxylic acids is 1. The highest BCUT2D eigenvalue weighted by molar-refractivity contribution is 7.90. The molecule has 3 N–H and O–H groups in total. The predicted molar refractivity (Wildman–Crippen MR) is 94.5 cm³/mol. The van der Waals surface area contributed by atoms with E-state index in [1.807, 2.05) is 4.72 Å². The highest BCUT2D eigenvalue weighted by Gasteiger charge is 2.22. The van der Waals surface area contributed by atoms with Crippen LogP contribution in [0.3, 0.4) is 0 Å². The number of benzene rings is 1. The lowest BCUT2D eigenvalue weighted by Crippen LogP contribution is -2.42. The van der Waals surface area contributed by atoms with Crippen molar-refractivity contribution in [1.82, 2.24) is 15.0 Å². The Morgan fingerprint density at radius 2 is 2.00 bits per heavy atom. The van der Waals surface area contributed by atoms with Crippen LogP contribution in [-0.2, 0) is 10.0 Å². The molecule has 0 unspecified atom stereocenters. The number of hydrogen-bond acceptors (Lipinski definition) is 6. The third-order valence-electron chi connectivity index (χ3n) is 3.07. The van der Waals surface area contributed by atoms with Gasteiger partial charge in [-0.25, -0.2) is 17.9 Å². The highest BCUT2D eigenvalue weighted by Crippen LogP contribution is 2.25. The molecule has 134 valence electrons. The van der Waals surface area contributed by atoms with Crippen LogP contribution < -0.4 is 20.1 Å². The lowest BCUT2D eigenvalue weighted by Gasteiger charge is -2.14. The van der Waals surface area contributed by atoms with Crippen molar-refractivity contribution in [3.63, 3.8) is 0 Å². The molecule has 1 aromatic carbocycles. The van der Waals surface area contributed by atoms with Gasteiger partial charge in [-0.05, 0) is 32.0 Å². The van der Waals surface area contributed by atoms with Crippen molar-refractivity contribution in [2.24, 2.45) is 0 Å². The van der Waals surface area contributed by atoms with E-state index in [1.54, 1.807) is 45.2 Å². The summed E-state index contributed by atoms with van der Waals surface area (Å²) in [6, 6.07) is 7.53. The number of nitrogens with one attached hydrogen (secondary N) is 3. The number of aromatic nitrogens is 1. The normalized spacial score (nSPS) is 11.0. The lowest BCUT2D eigenvalue weighted by atomic mass is 10.3. The van der Waals surface area contributed by atoms with E-state index in [-0.39, 0.29) is 16.6 Å². The number of ether oxygens (including phenoxy) is 1. The van der Waals surface area contributed by atoms with E-state index in [4.69, 9.17) is 4.74 Å². The SMILES string of the molecule is COc1cccc(Nc2ccncc2S(=O)(=O)NC(=O)NC(C)C)c1. The Morgan fingerprint density at radius 1 is 1.24 bits per heavy atom. The highest BCUT2D eigenvalue weighted by atomic mass is 32.2. The van der Waals surface area contributed by atoms with Crippen LogP contribution in [0.2, 0.25) is 0 Å². The van der Waals surface area contributed by atoms with Gasteiger partial charge in [-0.2, -0.15) is 0 Å². The minimum Gasteiger partial charge on any atom is -0.497 e. The van der Waals surface area contributed by atoms with Crippen molar-refractivity contribution in [2.75, 3.05) is 12.4 Å². The molecule has 2 aromatic rings. The fourth-order valence-electron chi connectivity index (χ4n) is 2.02. The Balaban J connectivity index is 2.29. The van der Waals surface area contributed by atoms with Gasteiger partial charge in [0.2, 0.25) is 0 Å². The van der Waals surface area contributed by atoms with Crippen LogP contribution in [0.15, 0.2) is 47.6 Å². The number of hydrogen-bond donors (Lipinski definition) is 3. The fourth-order valence-corrected chi connectivity index (χ4v) is 3.04. The van der Waals surface area contributed by atoms with E-state index in [0.717, 1.165) is 0 Å². The van der Waals surface area contributed by atoms with Gasteiger partial charge in [-0.1, -0.05) is 6.07 Å². The van der Waals surface area contributed by atoms with Crippen LogP contribution in [0.1, 0.15) is 13.8 Å². The van der Waals surface area contributed by atoms with Crippen LogP contribution in [-0.4, -0.2) is 32.6 Å². The van der Waals surface area contributed by atoms with Gasteiger partial charge in [0.25, 0.3) is 10.0 Å². The molecule has 8 nitrogen and oxygen atoms in total. The van der Waals surface area contributed by atoms with E-state index in [2.05, 4.69) is 15.6 Å². The maximum absolute atomic E-state index is 12.5. The molecule has 0 saturated heterocycles. The fraction of sp³-hybridized carbons (Fsp3) is 0.250. The molecule has 0 radical (unpaired) electrons. The van der Waals surface area contributed by atoms with E-state index >= 15 is 0 Å². The minimum absolute atomic E-state index is 0.142. The Labute approximate surface area is 146 Å². The third-order valence-corrected chi connectivity index (χ3v) is 4.43. The van der Waals surface area contributed by atoms with E-state index in [9.17, 15) is 13.2 Å². The quantitative estimate of drug-likeness (QED) is 0.725. The summed E-state index contributed by atoms with van der Waals surface area (Å²) in [5.74, 6) is 0.623. The zero-order valence-corrected chi connectivity index (χ0v) is 14.9. The Bertz CT molecular complexity index is 853. The maximum atomic E-state index is 12.5. The lowest BCUT2D eigenvalue weighted by molar-refractivity contribution is 0.243. The number of pyridine rings is 1. The minimum atomic E-state index is -4.09. The number of nitrogens with zero attached hydrogens (tertiary/aromatic N) is 1. The number of amides is 2. The van der Waals surface area contributed by atoms with Crippen LogP contribution in [0.4, 0.5) is 16.2 Å². The molecular weight excluding hydrogens is 344 g/mol. The molecule has 2 rings (SSSR count). The summed E-state index contributed by atoms with van der Waals surface area (Å²) in [6.45, 7) is 3.46. The third kappa shape index (κ3) is 5.08. The number of carbonyl (C=O) groups is 1. The first kappa shape index (κ1) is 18.5. The molecule has 25 heavy (non-hydrogen) atoms. The van der Waals surface area contributed by atoms with Gasteiger partial charge in [0.05, 0.1) is 12.8 Å². The van der Waals surface area contributed by atoms with Crippen molar-refractivity contribution in [1.29, 1.82) is 0 Å². The van der Waals surface area contributed by atoms with Crippen molar-refractivity contribution in [3.05, 3.63) is 42.7 Å². The molecule has 0 fully saturated rings. The van der Waals surface area contributed by atoms with Gasteiger partial charge in [0.1, 0.15) is 10.6 Å². The van der Waals surface area contributed by atoms with Crippen molar-refractivity contribution in [2.45, 2.75) is 24.8 Å². The molecule has 0 aliphatic carbocycles. The van der Waals surface area contributed by atoms with Gasteiger partial charge in [0, 0.05) is 30.2 Å². The summed E-state index contributed by atoms with van der Waals surface area (Å²) >= 11 is 0. The van der Waals surface area contributed by atoms with Crippen LogP contribution in [0.25, 0.3) is 0 Å². The molecule has 2 amide bonds. The van der Waals surface area contributed by atoms with Gasteiger partial charge in [-0.15, -0.1) is 0 Å². The molecule has 0 spiro atoms. The zero-order chi connectivity index (χ0) is 18.4. The molecule has 1 heterocycles. The molecule has 0 aliphatic rings. The second kappa shape index (κ2) is 7.84. The predicted octanol–water partition coefficient (Wildman–Crippen LogP) is 2.23. The summed E-state index contributed by atoms with van der Waals surface area (Å²) in [4.78, 5) is 15.4. The van der Waals surface area contributed by atoms with E-state index in [1.165, 1.54) is 18.5 Å². The topological polar surface area (TPSA) is 109 Å². The maximum Gasteiger partial charge on any atom is 0.328 e. The smallest absolute Gasteiger partial charge is 0.328 e. The van der Waals surface area contributed by atoms with Crippen LogP contribution in [0, 0.1) is 0 Å². The Hall–Kier alpha value is -2.81. The van der Waals surface area contributed by atoms with Gasteiger partial charge in [-0.3, -0.25) is 4.98 Å². The Morgan fingerprint density at radius 3 is 2.68 bits per heavy atom. The average Bonchev–Trinajstić information content (AvgIpc) is 2.54. The van der Waals surface area contributed by atoms with Crippen LogP contribution >= 0.6 is 0 Å². The Kier molecular flexibility index (Phi) is 5.81. The second-order valence-electron chi connectivity index (χ2n) is 5.46. The number of anilines is 2. The van der Waals surface area contributed by atoms with Crippen molar-refractivity contribution in [3.8, 4) is 5.75 Å². The first-order chi connectivity index (χ1) is 11.8. The van der Waals surface area contributed by atoms with E-state index < -0.39 is 16.1 Å². The van der Waals surface area contributed by atoms with Crippen molar-refractivity contribution < 1.29 is 17.9 Å². The molecule has 0 atom stereocenters. The molecular formula is C16H20N4O4S. The number of sulfonamides is 1. The summed E-state index contributed by atoms with van der Waals surface area (Å²) in [7, 11) is -2.55. The summed E-state index contributed by atoms with van der Waals surface area (Å²) < 4.78 is 32.1. The molecule has 0 saturated carbocycles. The molecule has 9 heteroatoms. The number of methoxy groups -OCH3 is 1. The first-order valence-corrected chi connectivity index (χ1v) is 8.98. The largest absolute Gasteiger partial charge is 0.497 e. The second-order valence-corrected chi connectivity index (χ2v) is 7.11. The molecule has 0 bridgehead atoms. The first-order valence-electron chi connectivity index (χ1n) is 7.50. The van der Waals surface area contributed by atoms with Gasteiger partial charge >= 0.3 is 6.03 Å². The summed E-state index contributed by atoms with van der Waals surface area (Å²) in [5.41, 5.74) is 0.918. The summed E-state index contributed by atoms with van der Waals surface area (Å²) in [5, 5.41) is 5.46. The monoisotopic (exact) mass is 364 g/mol.